The molecule has 0 N–H and O–H groups in total. The Bertz CT molecular complexity index is 115. The van der Waals surface area contributed by atoms with Crippen molar-refractivity contribution in [2.75, 3.05) is 6.61 Å². The van der Waals surface area contributed by atoms with Gasteiger partial charge in [0.05, 0.1) is 6.61 Å². The van der Waals surface area contributed by atoms with Crippen molar-refractivity contribution in [1.82, 2.24) is 0 Å². The molecule has 0 aromatic heterocycles. The van der Waals surface area contributed by atoms with Gasteiger partial charge in [-0.2, -0.15) is 0 Å². The summed E-state index contributed by atoms with van der Waals surface area (Å²) >= 11 is 0. The number of hydrogen-bond donors (Lipinski definition) is 0. The lowest BCUT2D eigenvalue weighted by Gasteiger charge is -2.24. The fourth-order valence-corrected chi connectivity index (χ4v) is 1.67. The molecule has 0 aromatic rings. The minimum absolute atomic E-state index is 0.554. The summed E-state index contributed by atoms with van der Waals surface area (Å²) in [7, 11) is 0. The van der Waals surface area contributed by atoms with E-state index in [1.165, 1.54) is 25.7 Å². The number of carbonyl (C=O) groups excluding carboxylic acids is 1. The normalized spacial score (nSPS) is 31.4. The van der Waals surface area contributed by atoms with Crippen LogP contribution in [-0.4, -0.2) is 13.1 Å². The Morgan fingerprint density at radius 1 is 1.36 bits per heavy atom. The van der Waals surface area contributed by atoms with Crippen LogP contribution >= 0.6 is 0 Å². The maximum absolute atomic E-state index is 9.89. The van der Waals surface area contributed by atoms with Crippen molar-refractivity contribution >= 4 is 6.47 Å². The van der Waals surface area contributed by atoms with Crippen LogP contribution < -0.4 is 0 Å². The highest BCUT2D eigenvalue weighted by Crippen LogP contribution is 2.27. The molecular formula is C9H16O2. The first-order valence-corrected chi connectivity index (χ1v) is 4.38. The van der Waals surface area contributed by atoms with Crippen LogP contribution in [0.3, 0.4) is 0 Å². The van der Waals surface area contributed by atoms with Gasteiger partial charge < -0.3 is 4.74 Å². The molecule has 1 rings (SSSR count). The van der Waals surface area contributed by atoms with Gasteiger partial charge in [-0.25, -0.2) is 0 Å². The van der Waals surface area contributed by atoms with Crippen LogP contribution in [0.5, 0.6) is 0 Å². The van der Waals surface area contributed by atoms with Crippen LogP contribution in [0, 0.1) is 11.8 Å². The Kier molecular flexibility index (Phi) is 3.40. The zero-order valence-electron chi connectivity index (χ0n) is 7.08. The molecule has 0 heterocycles. The lowest BCUT2D eigenvalue weighted by molar-refractivity contribution is -0.130. The molecule has 1 aliphatic rings. The fourth-order valence-electron chi connectivity index (χ4n) is 1.67. The van der Waals surface area contributed by atoms with E-state index in [1.54, 1.807) is 0 Å². The Morgan fingerprint density at radius 3 is 2.55 bits per heavy atom. The number of ether oxygens (including phenoxy) is 1. The van der Waals surface area contributed by atoms with Crippen molar-refractivity contribution in [1.29, 1.82) is 0 Å². The molecule has 64 valence electrons. The summed E-state index contributed by atoms with van der Waals surface area (Å²) in [5.74, 6) is 1.51. The Morgan fingerprint density at radius 2 is 2.00 bits per heavy atom. The highest BCUT2D eigenvalue weighted by atomic mass is 16.5. The molecule has 0 aliphatic heterocycles. The van der Waals surface area contributed by atoms with Crippen molar-refractivity contribution in [3.63, 3.8) is 0 Å². The van der Waals surface area contributed by atoms with E-state index >= 15 is 0 Å². The summed E-state index contributed by atoms with van der Waals surface area (Å²) in [5.41, 5.74) is 0. The van der Waals surface area contributed by atoms with Crippen LogP contribution in [-0.2, 0) is 9.53 Å². The minimum atomic E-state index is 0.554. The van der Waals surface area contributed by atoms with Gasteiger partial charge in [0.25, 0.3) is 6.47 Å². The summed E-state index contributed by atoms with van der Waals surface area (Å²) in [5, 5.41) is 0. The molecule has 0 amide bonds. The number of carbonyl (C=O) groups is 1. The average Bonchev–Trinajstić information content (AvgIpc) is 2.04. The van der Waals surface area contributed by atoms with E-state index < -0.39 is 0 Å². The molecule has 2 heteroatoms. The molecule has 1 fully saturated rings. The van der Waals surface area contributed by atoms with Crippen molar-refractivity contribution in [3.05, 3.63) is 0 Å². The molecular weight excluding hydrogens is 140 g/mol. The van der Waals surface area contributed by atoms with E-state index in [2.05, 4.69) is 6.92 Å². The van der Waals surface area contributed by atoms with Gasteiger partial charge in [-0.05, 0) is 24.7 Å². The molecule has 0 aromatic carbocycles. The summed E-state index contributed by atoms with van der Waals surface area (Å²) in [4.78, 5) is 9.89. The van der Waals surface area contributed by atoms with E-state index in [4.69, 9.17) is 4.74 Å². The Hall–Kier alpha value is -0.530. The van der Waals surface area contributed by atoms with Crippen LogP contribution in [0.1, 0.15) is 32.6 Å². The zero-order valence-corrected chi connectivity index (χ0v) is 7.08. The van der Waals surface area contributed by atoms with Crippen molar-refractivity contribution in [2.45, 2.75) is 32.6 Å². The quantitative estimate of drug-likeness (QED) is 0.584. The van der Waals surface area contributed by atoms with Crippen LogP contribution in [0.25, 0.3) is 0 Å². The molecule has 0 radical (unpaired) electrons. The predicted octanol–water partition coefficient (Wildman–Crippen LogP) is 1.99. The first-order chi connectivity index (χ1) is 5.33. The topological polar surface area (TPSA) is 26.3 Å². The smallest absolute Gasteiger partial charge is 0.293 e. The van der Waals surface area contributed by atoms with E-state index in [0.29, 0.717) is 19.0 Å². The molecule has 11 heavy (non-hydrogen) atoms. The van der Waals surface area contributed by atoms with Gasteiger partial charge in [-0.15, -0.1) is 0 Å². The third-order valence-electron chi connectivity index (χ3n) is 2.54. The standard InChI is InChI=1S/C9H16O2/c1-8-2-4-9(5-3-8)6-11-7-10/h7-9H,2-6H2,1H3. The third-order valence-corrected chi connectivity index (χ3v) is 2.54. The number of hydrogen-bond acceptors (Lipinski definition) is 2. The minimum Gasteiger partial charge on any atom is -0.468 e. The van der Waals surface area contributed by atoms with Crippen molar-refractivity contribution < 1.29 is 9.53 Å². The first-order valence-electron chi connectivity index (χ1n) is 4.38. The highest BCUT2D eigenvalue weighted by molar-refractivity contribution is 5.36. The molecule has 2 nitrogen and oxygen atoms in total. The molecule has 1 aliphatic carbocycles. The second-order valence-electron chi connectivity index (χ2n) is 3.56. The van der Waals surface area contributed by atoms with Gasteiger partial charge in [-0.3, -0.25) is 4.79 Å². The second kappa shape index (κ2) is 4.37. The molecule has 0 spiro atoms. The van der Waals surface area contributed by atoms with Gasteiger partial charge in [0.1, 0.15) is 0 Å². The third kappa shape index (κ3) is 2.91. The summed E-state index contributed by atoms with van der Waals surface area (Å²) in [6, 6.07) is 0. The SMILES string of the molecule is CC1CCC(COC=O)CC1. The van der Waals surface area contributed by atoms with Crippen LogP contribution in [0.2, 0.25) is 0 Å². The van der Waals surface area contributed by atoms with Crippen LogP contribution in [0.15, 0.2) is 0 Å². The van der Waals surface area contributed by atoms with Gasteiger partial charge in [0.15, 0.2) is 0 Å². The molecule has 0 saturated heterocycles. The maximum Gasteiger partial charge on any atom is 0.293 e. The van der Waals surface area contributed by atoms with Crippen LogP contribution in [0.4, 0.5) is 0 Å². The summed E-state index contributed by atoms with van der Waals surface area (Å²) in [6.45, 7) is 3.48. The Labute approximate surface area is 67.9 Å². The maximum atomic E-state index is 9.89. The summed E-state index contributed by atoms with van der Waals surface area (Å²) < 4.78 is 4.73. The molecule has 0 unspecified atom stereocenters. The van der Waals surface area contributed by atoms with E-state index in [0.717, 1.165) is 5.92 Å². The monoisotopic (exact) mass is 156 g/mol. The van der Waals surface area contributed by atoms with Gasteiger partial charge in [-0.1, -0.05) is 19.8 Å². The number of rotatable bonds is 3. The molecule has 1 saturated carbocycles. The lowest BCUT2D eigenvalue weighted by atomic mass is 9.83. The lowest BCUT2D eigenvalue weighted by Crippen LogP contribution is -2.16. The van der Waals surface area contributed by atoms with Gasteiger partial charge >= 0.3 is 0 Å². The van der Waals surface area contributed by atoms with Crippen molar-refractivity contribution in [2.24, 2.45) is 11.8 Å². The van der Waals surface area contributed by atoms with E-state index in [1.807, 2.05) is 0 Å². The van der Waals surface area contributed by atoms with Gasteiger partial charge in [0, 0.05) is 0 Å². The predicted molar refractivity (Wildman–Crippen MR) is 43.1 cm³/mol. The van der Waals surface area contributed by atoms with Crippen molar-refractivity contribution in [3.8, 4) is 0 Å². The average molecular weight is 156 g/mol. The van der Waals surface area contributed by atoms with E-state index in [9.17, 15) is 4.79 Å². The molecule has 0 bridgehead atoms. The molecule has 0 atom stereocenters. The first kappa shape index (κ1) is 8.57. The second-order valence-corrected chi connectivity index (χ2v) is 3.56. The van der Waals surface area contributed by atoms with E-state index in [-0.39, 0.29) is 0 Å². The zero-order chi connectivity index (χ0) is 8.10. The highest BCUT2D eigenvalue weighted by Gasteiger charge is 2.17. The largest absolute Gasteiger partial charge is 0.468 e. The summed E-state index contributed by atoms with van der Waals surface area (Å²) in [6.07, 6.45) is 5.06. The fraction of sp³-hybridized carbons (Fsp3) is 0.889. The van der Waals surface area contributed by atoms with Gasteiger partial charge in [0.2, 0.25) is 0 Å². The Balaban J connectivity index is 2.12.